The topological polar surface area (TPSA) is 59.3 Å². The monoisotopic (exact) mass is 436 g/mol. The molecule has 8 heteroatoms. The van der Waals surface area contributed by atoms with Crippen LogP contribution >= 0.6 is 0 Å². The molecule has 2 aliphatic rings. The second-order valence-corrected chi connectivity index (χ2v) is 8.57. The van der Waals surface area contributed by atoms with Gasteiger partial charge in [-0.2, -0.15) is 0 Å². The Balaban J connectivity index is 1.43. The zero-order chi connectivity index (χ0) is 21.9. The molecule has 168 valence electrons. The fraction of sp³-hybridized carbons (Fsp3) is 0.458. The summed E-state index contributed by atoms with van der Waals surface area (Å²) < 4.78 is 21.7. The Hall–Kier alpha value is -3.00. The zero-order valence-electron chi connectivity index (χ0n) is 18.4. The maximum absolute atomic E-state index is 14.3. The predicted octanol–water partition coefficient (Wildman–Crippen LogP) is 3.85. The first-order valence-electron chi connectivity index (χ1n) is 11.4. The van der Waals surface area contributed by atoms with Gasteiger partial charge < -0.3 is 9.64 Å². The highest BCUT2D eigenvalue weighted by atomic mass is 19.1. The SMILES string of the molecule is COc1ccc([C@H](c2nnnn2C2CCCC2)N2CCN(c3ccccc3F)CC2)cc1. The number of halogens is 1. The predicted molar refractivity (Wildman–Crippen MR) is 120 cm³/mol. The van der Waals surface area contributed by atoms with Crippen LogP contribution < -0.4 is 9.64 Å². The average Bonchev–Trinajstić information content (AvgIpc) is 3.53. The third-order valence-corrected chi connectivity index (χ3v) is 6.74. The van der Waals surface area contributed by atoms with Gasteiger partial charge >= 0.3 is 0 Å². The molecule has 1 aliphatic heterocycles. The number of anilines is 1. The number of ether oxygens (including phenoxy) is 1. The van der Waals surface area contributed by atoms with Crippen molar-refractivity contribution in [1.29, 1.82) is 0 Å². The molecule has 0 radical (unpaired) electrons. The molecule has 1 aliphatic carbocycles. The Morgan fingerprint density at radius 2 is 1.69 bits per heavy atom. The number of hydrogen-bond acceptors (Lipinski definition) is 6. The van der Waals surface area contributed by atoms with E-state index in [4.69, 9.17) is 4.74 Å². The van der Waals surface area contributed by atoms with Crippen LogP contribution in [0.5, 0.6) is 5.75 Å². The molecular weight excluding hydrogens is 407 g/mol. The first kappa shape index (κ1) is 20.9. The first-order chi connectivity index (χ1) is 15.7. The number of piperazine rings is 1. The molecule has 2 heterocycles. The molecule has 32 heavy (non-hydrogen) atoms. The lowest BCUT2D eigenvalue weighted by Crippen LogP contribution is -2.48. The maximum Gasteiger partial charge on any atom is 0.173 e. The summed E-state index contributed by atoms with van der Waals surface area (Å²) in [5.41, 5.74) is 1.81. The van der Waals surface area contributed by atoms with Gasteiger partial charge in [0.2, 0.25) is 0 Å². The van der Waals surface area contributed by atoms with Gasteiger partial charge in [0.25, 0.3) is 0 Å². The van der Waals surface area contributed by atoms with Crippen LogP contribution in [0.4, 0.5) is 10.1 Å². The lowest BCUT2D eigenvalue weighted by molar-refractivity contribution is 0.197. The van der Waals surface area contributed by atoms with Gasteiger partial charge in [-0.15, -0.1) is 5.10 Å². The fourth-order valence-corrected chi connectivity index (χ4v) is 5.03. The summed E-state index contributed by atoms with van der Waals surface area (Å²) >= 11 is 0. The lowest BCUT2D eigenvalue weighted by Gasteiger charge is -2.40. The van der Waals surface area contributed by atoms with Crippen molar-refractivity contribution in [2.45, 2.75) is 37.8 Å². The summed E-state index contributed by atoms with van der Waals surface area (Å²) in [5, 5.41) is 13.0. The molecule has 1 saturated carbocycles. The fourth-order valence-electron chi connectivity index (χ4n) is 5.03. The zero-order valence-corrected chi connectivity index (χ0v) is 18.4. The van der Waals surface area contributed by atoms with E-state index >= 15 is 0 Å². The Bertz CT molecular complexity index is 1020. The van der Waals surface area contributed by atoms with Gasteiger partial charge in [-0.05, 0) is 53.1 Å². The maximum atomic E-state index is 14.3. The third kappa shape index (κ3) is 4.07. The number of para-hydroxylation sites is 1. The Labute approximate surface area is 187 Å². The first-order valence-corrected chi connectivity index (χ1v) is 11.4. The van der Waals surface area contributed by atoms with Crippen LogP contribution in [0.2, 0.25) is 0 Å². The van der Waals surface area contributed by atoms with Crippen LogP contribution in [0.1, 0.15) is 49.2 Å². The second-order valence-electron chi connectivity index (χ2n) is 8.57. The minimum atomic E-state index is -0.169. The van der Waals surface area contributed by atoms with Crippen LogP contribution in [0.3, 0.4) is 0 Å². The highest BCUT2D eigenvalue weighted by Crippen LogP contribution is 2.35. The molecule has 0 bridgehead atoms. The standard InChI is InChI=1S/C24H29FN6O/c1-32-20-12-10-18(11-13-20)23(24-26-27-28-31(24)19-6-2-3-7-19)30-16-14-29(15-17-30)22-9-5-4-8-21(22)25/h4-5,8-13,19,23H,2-3,6-7,14-17H2,1H3/t23-/m1/s1. The van der Waals surface area contributed by atoms with Crippen LogP contribution in [0.15, 0.2) is 48.5 Å². The van der Waals surface area contributed by atoms with E-state index in [9.17, 15) is 4.39 Å². The average molecular weight is 437 g/mol. The van der Waals surface area contributed by atoms with E-state index < -0.39 is 0 Å². The molecule has 3 aromatic rings. The van der Waals surface area contributed by atoms with Crippen molar-refractivity contribution < 1.29 is 9.13 Å². The molecule has 0 spiro atoms. The van der Waals surface area contributed by atoms with Crippen LogP contribution in [-0.4, -0.2) is 58.4 Å². The van der Waals surface area contributed by atoms with Crippen molar-refractivity contribution in [1.82, 2.24) is 25.1 Å². The van der Waals surface area contributed by atoms with Crippen LogP contribution in [0, 0.1) is 5.82 Å². The Morgan fingerprint density at radius 1 is 0.969 bits per heavy atom. The molecule has 0 unspecified atom stereocenters. The van der Waals surface area contributed by atoms with Gasteiger partial charge in [0.15, 0.2) is 5.82 Å². The summed E-state index contributed by atoms with van der Waals surface area (Å²) in [6, 6.07) is 15.5. The van der Waals surface area contributed by atoms with Crippen LogP contribution in [0.25, 0.3) is 0 Å². The molecule has 0 N–H and O–H groups in total. The van der Waals surface area contributed by atoms with Crippen molar-refractivity contribution in [3.05, 3.63) is 65.7 Å². The second kappa shape index (κ2) is 9.24. The normalized spacial score (nSPS) is 18.8. The molecule has 1 atom stereocenters. The van der Waals surface area contributed by atoms with E-state index in [1.54, 1.807) is 13.2 Å². The highest BCUT2D eigenvalue weighted by Gasteiger charge is 2.33. The van der Waals surface area contributed by atoms with Gasteiger partial charge in [-0.3, -0.25) is 4.90 Å². The number of tetrazole rings is 1. The largest absolute Gasteiger partial charge is 0.497 e. The Morgan fingerprint density at radius 3 is 2.38 bits per heavy atom. The molecule has 1 saturated heterocycles. The van der Waals surface area contributed by atoms with Crippen molar-refractivity contribution >= 4 is 5.69 Å². The van der Waals surface area contributed by atoms with Gasteiger partial charge in [0.05, 0.1) is 24.9 Å². The quantitative estimate of drug-likeness (QED) is 0.585. The molecule has 1 aromatic heterocycles. The molecule has 5 rings (SSSR count). The molecule has 7 nitrogen and oxygen atoms in total. The van der Waals surface area contributed by atoms with Gasteiger partial charge in [-0.1, -0.05) is 37.1 Å². The molecule has 2 aromatic carbocycles. The van der Waals surface area contributed by atoms with E-state index in [2.05, 4.69) is 37.5 Å². The highest BCUT2D eigenvalue weighted by molar-refractivity contribution is 5.48. The summed E-state index contributed by atoms with van der Waals surface area (Å²) in [5.74, 6) is 1.55. The van der Waals surface area contributed by atoms with Crippen molar-refractivity contribution in [2.75, 3.05) is 38.2 Å². The summed E-state index contributed by atoms with van der Waals surface area (Å²) in [4.78, 5) is 4.53. The molecule has 2 fully saturated rings. The lowest BCUT2D eigenvalue weighted by atomic mass is 10.0. The molecule has 0 amide bonds. The summed E-state index contributed by atoms with van der Waals surface area (Å²) in [6.07, 6.45) is 4.68. The number of benzene rings is 2. The van der Waals surface area contributed by atoms with Crippen LogP contribution in [-0.2, 0) is 0 Å². The van der Waals surface area contributed by atoms with Gasteiger partial charge in [-0.25, -0.2) is 9.07 Å². The number of rotatable bonds is 6. The van der Waals surface area contributed by atoms with Crippen molar-refractivity contribution in [3.63, 3.8) is 0 Å². The molecular formula is C24H29FN6O. The van der Waals surface area contributed by atoms with Gasteiger partial charge in [0.1, 0.15) is 11.6 Å². The Kier molecular flexibility index (Phi) is 6.03. The number of methoxy groups -OCH3 is 1. The van der Waals surface area contributed by atoms with E-state index in [1.807, 2.05) is 28.9 Å². The number of nitrogens with zero attached hydrogens (tertiary/aromatic N) is 6. The van der Waals surface area contributed by atoms with Crippen molar-refractivity contribution in [2.24, 2.45) is 0 Å². The van der Waals surface area contributed by atoms with Gasteiger partial charge in [0, 0.05) is 26.2 Å². The number of aromatic nitrogens is 4. The van der Waals surface area contributed by atoms with E-state index in [0.717, 1.165) is 56.2 Å². The minimum Gasteiger partial charge on any atom is -0.497 e. The summed E-state index contributed by atoms with van der Waals surface area (Å²) in [7, 11) is 1.68. The number of hydrogen-bond donors (Lipinski definition) is 0. The van der Waals surface area contributed by atoms with E-state index in [0.29, 0.717) is 11.7 Å². The minimum absolute atomic E-state index is 0.0562. The van der Waals surface area contributed by atoms with E-state index in [-0.39, 0.29) is 11.9 Å². The summed E-state index contributed by atoms with van der Waals surface area (Å²) in [6.45, 7) is 3.09. The van der Waals surface area contributed by atoms with Crippen molar-refractivity contribution in [3.8, 4) is 5.75 Å². The van der Waals surface area contributed by atoms with E-state index in [1.165, 1.54) is 18.9 Å². The smallest absolute Gasteiger partial charge is 0.173 e. The third-order valence-electron chi connectivity index (χ3n) is 6.74.